The van der Waals surface area contributed by atoms with Crippen molar-refractivity contribution >= 4 is 12.4 Å². The second kappa shape index (κ2) is 13.3. The first kappa shape index (κ1) is 23.1. The highest BCUT2D eigenvalue weighted by Gasteiger charge is 2.19. The summed E-state index contributed by atoms with van der Waals surface area (Å²) in [4.78, 5) is 19.9. The number of phenolic OH excluding ortho intramolecular Hbond substituents is 1. The van der Waals surface area contributed by atoms with Crippen molar-refractivity contribution in [1.82, 2.24) is 0 Å². The smallest absolute Gasteiger partial charge is 0.124 e. The number of hydrogen-bond donors (Lipinski definition) is 3. The number of aliphatic hydroxyl groups excluding tert-OH is 2. The van der Waals surface area contributed by atoms with Gasteiger partial charge in [-0.1, -0.05) is 36.9 Å². The zero-order valence-corrected chi connectivity index (χ0v) is 16.0. The van der Waals surface area contributed by atoms with Crippen LogP contribution >= 0.6 is 0 Å². The molecule has 0 spiro atoms. The Bertz CT molecular complexity index is 754. The minimum absolute atomic E-state index is 0.0993. The molecule has 3 N–H and O–H groups in total. The van der Waals surface area contributed by atoms with Crippen molar-refractivity contribution < 1.29 is 15.3 Å². The van der Waals surface area contributed by atoms with Crippen LogP contribution in [0.2, 0.25) is 0 Å². The second-order valence-corrected chi connectivity index (χ2v) is 5.90. The van der Waals surface area contributed by atoms with Gasteiger partial charge < -0.3 is 15.3 Å². The maximum atomic E-state index is 11.0. The topological polar surface area (TPSA) is 115 Å². The third kappa shape index (κ3) is 7.38. The average Bonchev–Trinajstić information content (AvgIpc) is 2.70. The van der Waals surface area contributed by atoms with E-state index in [0.29, 0.717) is 24.0 Å². The second-order valence-electron chi connectivity index (χ2n) is 5.90. The summed E-state index contributed by atoms with van der Waals surface area (Å²) in [6.07, 6.45) is 8.38. The standard InChI is InChI=1S/C21H27N3O4/c1-3-7-16(18(4-2)24-28)14-22-19(10-12-25)20(11-13-26)23-15-17-8-5-6-9-21(17)27/h3-9,14-15,19-20,25-27H,1,10-13H2,2H3/b16-7-,18-4+,22-14?,23-15?. The van der Waals surface area contributed by atoms with Crippen LogP contribution in [0.5, 0.6) is 5.75 Å². The number of allylic oxidation sites excluding steroid dienone is 4. The Kier molecular flexibility index (Phi) is 11.0. The first-order chi connectivity index (χ1) is 13.6. The van der Waals surface area contributed by atoms with Gasteiger partial charge in [-0.05, 0) is 37.1 Å². The number of aliphatic hydroxyl groups is 2. The van der Waals surface area contributed by atoms with Gasteiger partial charge in [0.25, 0.3) is 0 Å². The van der Waals surface area contributed by atoms with E-state index in [1.54, 1.807) is 43.3 Å². The van der Waals surface area contributed by atoms with Crippen LogP contribution in [-0.4, -0.2) is 53.0 Å². The molecule has 0 aliphatic carbocycles. The summed E-state index contributed by atoms with van der Waals surface area (Å²) in [5.74, 6) is 0.0993. The lowest BCUT2D eigenvalue weighted by Crippen LogP contribution is -2.26. The van der Waals surface area contributed by atoms with Crippen LogP contribution in [0.1, 0.15) is 25.3 Å². The van der Waals surface area contributed by atoms with E-state index in [2.05, 4.69) is 21.7 Å². The fourth-order valence-corrected chi connectivity index (χ4v) is 2.54. The monoisotopic (exact) mass is 385 g/mol. The zero-order valence-electron chi connectivity index (χ0n) is 16.0. The molecule has 1 aromatic rings. The molecule has 150 valence electrons. The first-order valence-electron chi connectivity index (χ1n) is 9.00. The van der Waals surface area contributed by atoms with Gasteiger partial charge in [-0.25, -0.2) is 0 Å². The summed E-state index contributed by atoms with van der Waals surface area (Å²) in [6, 6.07) is 5.92. The molecular formula is C21H27N3O4. The number of rotatable bonds is 12. The molecule has 28 heavy (non-hydrogen) atoms. The Morgan fingerprint density at radius 1 is 1.14 bits per heavy atom. The lowest BCUT2D eigenvalue weighted by atomic mass is 10.0. The third-order valence-corrected chi connectivity index (χ3v) is 4.01. The molecule has 0 aromatic heterocycles. The van der Waals surface area contributed by atoms with Crippen LogP contribution in [0, 0.1) is 4.91 Å². The summed E-state index contributed by atoms with van der Waals surface area (Å²) < 4.78 is 0. The van der Waals surface area contributed by atoms with Gasteiger partial charge in [-0.3, -0.25) is 9.98 Å². The molecule has 7 nitrogen and oxygen atoms in total. The fourth-order valence-electron chi connectivity index (χ4n) is 2.54. The minimum atomic E-state index is -0.433. The lowest BCUT2D eigenvalue weighted by molar-refractivity contribution is 0.243. The molecule has 0 aliphatic heterocycles. The molecule has 0 fully saturated rings. The molecule has 0 saturated heterocycles. The number of phenols is 1. The number of para-hydroxylation sites is 1. The van der Waals surface area contributed by atoms with Crippen molar-refractivity contribution in [2.24, 2.45) is 15.2 Å². The van der Waals surface area contributed by atoms with E-state index < -0.39 is 12.1 Å². The Balaban J connectivity index is 3.15. The van der Waals surface area contributed by atoms with Crippen molar-refractivity contribution in [3.63, 3.8) is 0 Å². The predicted octanol–water partition coefficient (Wildman–Crippen LogP) is 3.17. The summed E-state index contributed by atoms with van der Waals surface area (Å²) in [7, 11) is 0. The largest absolute Gasteiger partial charge is 0.507 e. The first-order valence-corrected chi connectivity index (χ1v) is 9.00. The van der Waals surface area contributed by atoms with Crippen LogP contribution in [0.4, 0.5) is 0 Å². The van der Waals surface area contributed by atoms with E-state index in [9.17, 15) is 20.2 Å². The highest BCUT2D eigenvalue weighted by Crippen LogP contribution is 2.17. The molecule has 0 heterocycles. The van der Waals surface area contributed by atoms with Crippen LogP contribution < -0.4 is 0 Å². The Hall–Kier alpha value is -2.90. The van der Waals surface area contributed by atoms with Gasteiger partial charge in [-0.2, -0.15) is 0 Å². The van der Waals surface area contributed by atoms with Gasteiger partial charge in [0, 0.05) is 36.8 Å². The third-order valence-electron chi connectivity index (χ3n) is 4.01. The fraction of sp³-hybridized carbons (Fsp3) is 0.333. The van der Waals surface area contributed by atoms with E-state index in [0.717, 1.165) is 0 Å². The Morgan fingerprint density at radius 3 is 2.32 bits per heavy atom. The van der Waals surface area contributed by atoms with Crippen LogP contribution in [0.25, 0.3) is 0 Å². The number of nitroso groups, excluding NO2 is 1. The maximum absolute atomic E-state index is 11.0. The van der Waals surface area contributed by atoms with E-state index >= 15 is 0 Å². The van der Waals surface area contributed by atoms with Crippen molar-refractivity contribution in [3.05, 3.63) is 70.8 Å². The molecule has 0 amide bonds. The highest BCUT2D eigenvalue weighted by molar-refractivity contribution is 5.85. The molecule has 0 bridgehead atoms. The van der Waals surface area contributed by atoms with Crippen LogP contribution in [-0.2, 0) is 0 Å². The molecule has 2 unspecified atom stereocenters. The molecule has 0 saturated carbocycles. The Labute approximate surface area is 165 Å². The SMILES string of the molecule is C=C/C=C(C=NC(CCO)C(CCO)N=Cc1ccccc1O)\C(=C/C)N=O. The summed E-state index contributed by atoms with van der Waals surface area (Å²) in [5, 5.41) is 31.7. The van der Waals surface area contributed by atoms with Gasteiger partial charge in [0.2, 0.25) is 0 Å². The van der Waals surface area contributed by atoms with Crippen molar-refractivity contribution in [2.45, 2.75) is 31.8 Å². The van der Waals surface area contributed by atoms with Crippen LogP contribution in [0.3, 0.4) is 0 Å². The van der Waals surface area contributed by atoms with Gasteiger partial charge in [0.15, 0.2) is 0 Å². The molecular weight excluding hydrogens is 358 g/mol. The predicted molar refractivity (Wildman–Crippen MR) is 113 cm³/mol. The number of aliphatic imine (C=N–C) groups is 2. The van der Waals surface area contributed by atoms with Crippen molar-refractivity contribution in [3.8, 4) is 5.75 Å². The van der Waals surface area contributed by atoms with E-state index in [1.165, 1.54) is 18.5 Å². The summed E-state index contributed by atoms with van der Waals surface area (Å²) >= 11 is 0. The lowest BCUT2D eigenvalue weighted by Gasteiger charge is -2.19. The van der Waals surface area contributed by atoms with E-state index in [-0.39, 0.29) is 24.7 Å². The molecule has 0 radical (unpaired) electrons. The molecule has 1 rings (SSSR count). The van der Waals surface area contributed by atoms with E-state index in [1.807, 2.05) is 0 Å². The Morgan fingerprint density at radius 2 is 1.79 bits per heavy atom. The molecule has 2 atom stereocenters. The number of nitrogens with zero attached hydrogens (tertiary/aromatic N) is 3. The van der Waals surface area contributed by atoms with Crippen LogP contribution in [0.15, 0.2) is 75.5 Å². The van der Waals surface area contributed by atoms with Gasteiger partial charge in [0.1, 0.15) is 11.4 Å². The molecule has 0 aliphatic rings. The van der Waals surface area contributed by atoms with Gasteiger partial charge >= 0.3 is 0 Å². The molecule has 1 aromatic carbocycles. The minimum Gasteiger partial charge on any atom is -0.507 e. The zero-order chi connectivity index (χ0) is 20.8. The van der Waals surface area contributed by atoms with Crippen molar-refractivity contribution in [1.29, 1.82) is 0 Å². The number of aromatic hydroxyl groups is 1. The highest BCUT2D eigenvalue weighted by atomic mass is 16.3. The maximum Gasteiger partial charge on any atom is 0.124 e. The number of hydrogen-bond acceptors (Lipinski definition) is 7. The van der Waals surface area contributed by atoms with E-state index in [4.69, 9.17) is 0 Å². The normalized spacial score (nSPS) is 15.1. The summed E-state index contributed by atoms with van der Waals surface area (Å²) in [5.41, 5.74) is 1.26. The quantitative estimate of drug-likeness (QED) is 0.291. The molecule has 7 heteroatoms. The van der Waals surface area contributed by atoms with Gasteiger partial charge in [-0.15, -0.1) is 4.91 Å². The van der Waals surface area contributed by atoms with Gasteiger partial charge in [0.05, 0.1) is 12.1 Å². The van der Waals surface area contributed by atoms with Crippen molar-refractivity contribution in [2.75, 3.05) is 13.2 Å². The average molecular weight is 385 g/mol. The number of benzene rings is 1. The summed E-state index contributed by atoms with van der Waals surface area (Å²) in [6.45, 7) is 5.10.